The van der Waals surface area contributed by atoms with Gasteiger partial charge in [0.15, 0.2) is 0 Å². The lowest BCUT2D eigenvalue weighted by Gasteiger charge is -2.40. The normalized spacial score (nSPS) is 27.0. The first-order valence-electron chi connectivity index (χ1n) is 11.9. The number of carbonyl (C=O) groups excluding carboxylic acids is 1. The maximum absolute atomic E-state index is 13.2. The Kier molecular flexibility index (Phi) is 5.00. The van der Waals surface area contributed by atoms with Gasteiger partial charge in [-0.2, -0.15) is 0 Å². The topological polar surface area (TPSA) is 51.1 Å². The van der Waals surface area contributed by atoms with Crippen molar-refractivity contribution in [1.82, 2.24) is 4.57 Å². The van der Waals surface area contributed by atoms with E-state index in [1.54, 1.807) is 4.57 Å². The molecule has 2 aromatic carbocycles. The lowest BCUT2D eigenvalue weighted by Crippen LogP contribution is -2.34. The number of nitrogens with zero attached hydrogens (tertiary/aromatic N) is 1. The molecule has 1 N–H and O–H groups in total. The summed E-state index contributed by atoms with van der Waals surface area (Å²) in [5.41, 5.74) is 0.762. The lowest BCUT2D eigenvalue weighted by molar-refractivity contribution is -0.116. The second-order valence-corrected chi connectivity index (χ2v) is 12.9. The Morgan fingerprint density at radius 1 is 1.03 bits per heavy atom. The average molecular weight is 505 g/mol. The Bertz CT molecular complexity index is 1450. The van der Waals surface area contributed by atoms with Gasteiger partial charge in [-0.15, -0.1) is 23.1 Å². The predicted molar refractivity (Wildman–Crippen MR) is 141 cm³/mol. The van der Waals surface area contributed by atoms with Crippen LogP contribution in [0.15, 0.2) is 69.8 Å². The standard InChI is InChI=1S/C27H24N2O2S3/c30-21(28-19-10-9-15-4-1-2-5-16(15)13-19)14-29-26-25(34-27(29)31)23(20-6-3-11-32-20)22-17-7-8-18(12-17)24(22)33-26/h1-6,9-11,13,17-18,22-24H,7-8,12,14H2,(H,28,30)/t17?,18?,22?,23-,24?/m0/s1. The molecule has 0 radical (unpaired) electrons. The van der Waals surface area contributed by atoms with Crippen LogP contribution in [0.4, 0.5) is 5.69 Å². The molecule has 7 rings (SSSR count). The van der Waals surface area contributed by atoms with Crippen molar-refractivity contribution in [2.24, 2.45) is 17.8 Å². The molecule has 1 amide bonds. The number of fused-ring (bicyclic) bond motifs is 7. The number of hydrogen-bond acceptors (Lipinski definition) is 5. The molecule has 3 aliphatic rings. The maximum Gasteiger partial charge on any atom is 0.308 e. The fourth-order valence-corrected chi connectivity index (χ4v) is 10.6. The molecular formula is C27H24N2O2S3. The molecule has 3 heterocycles. The van der Waals surface area contributed by atoms with Crippen molar-refractivity contribution in [3.8, 4) is 0 Å². The van der Waals surface area contributed by atoms with Crippen molar-refractivity contribution >= 4 is 56.8 Å². The summed E-state index contributed by atoms with van der Waals surface area (Å²) in [5.74, 6) is 2.28. The van der Waals surface area contributed by atoms with Gasteiger partial charge >= 0.3 is 4.87 Å². The van der Waals surface area contributed by atoms with Crippen LogP contribution in [0.25, 0.3) is 10.8 Å². The number of anilines is 1. The summed E-state index contributed by atoms with van der Waals surface area (Å²) in [6.07, 6.45) is 3.96. The Hall–Kier alpha value is -2.35. The first-order valence-corrected chi connectivity index (χ1v) is 14.5. The Morgan fingerprint density at radius 2 is 1.88 bits per heavy atom. The minimum atomic E-state index is -0.152. The van der Waals surface area contributed by atoms with Gasteiger partial charge in [0.1, 0.15) is 6.54 Å². The molecule has 0 saturated heterocycles. The summed E-state index contributed by atoms with van der Waals surface area (Å²) in [7, 11) is 0. The van der Waals surface area contributed by atoms with Gasteiger partial charge in [0, 0.05) is 26.6 Å². The molecule has 2 aliphatic carbocycles. The monoisotopic (exact) mass is 504 g/mol. The number of rotatable bonds is 4. The summed E-state index contributed by atoms with van der Waals surface area (Å²) >= 11 is 5.06. The quantitative estimate of drug-likeness (QED) is 0.349. The number of carbonyl (C=O) groups is 1. The van der Waals surface area contributed by atoms with E-state index < -0.39 is 0 Å². The zero-order chi connectivity index (χ0) is 22.8. The molecule has 1 aliphatic heterocycles. The number of hydrogen-bond donors (Lipinski definition) is 1. The Balaban J connectivity index is 1.21. The Morgan fingerprint density at radius 3 is 2.74 bits per heavy atom. The van der Waals surface area contributed by atoms with Crippen molar-refractivity contribution in [1.29, 1.82) is 0 Å². The van der Waals surface area contributed by atoms with Gasteiger partial charge in [0.05, 0.1) is 5.03 Å². The number of amides is 1. The first kappa shape index (κ1) is 21.0. The number of thiazole rings is 1. The molecule has 4 nitrogen and oxygen atoms in total. The summed E-state index contributed by atoms with van der Waals surface area (Å²) in [6.45, 7) is 0.0626. The first-order chi connectivity index (χ1) is 16.7. The van der Waals surface area contributed by atoms with E-state index in [9.17, 15) is 9.59 Å². The highest BCUT2D eigenvalue weighted by atomic mass is 32.2. The van der Waals surface area contributed by atoms with Crippen LogP contribution in [-0.2, 0) is 11.3 Å². The number of nitrogens with one attached hydrogen (secondary N) is 1. The van der Waals surface area contributed by atoms with Crippen molar-refractivity contribution < 1.29 is 4.79 Å². The maximum atomic E-state index is 13.2. The van der Waals surface area contributed by atoms with Crippen LogP contribution < -0.4 is 10.2 Å². The summed E-state index contributed by atoms with van der Waals surface area (Å²) < 4.78 is 1.74. The molecule has 0 spiro atoms. The van der Waals surface area contributed by atoms with Crippen LogP contribution in [0.1, 0.15) is 34.9 Å². The largest absolute Gasteiger partial charge is 0.325 e. The van der Waals surface area contributed by atoms with Crippen LogP contribution in [0.5, 0.6) is 0 Å². The number of thiophene rings is 1. The van der Waals surface area contributed by atoms with E-state index in [4.69, 9.17) is 0 Å². The van der Waals surface area contributed by atoms with E-state index in [0.29, 0.717) is 17.1 Å². The van der Waals surface area contributed by atoms with E-state index in [-0.39, 0.29) is 17.3 Å². The summed E-state index contributed by atoms with van der Waals surface area (Å²) in [4.78, 5) is 28.8. The highest BCUT2D eigenvalue weighted by molar-refractivity contribution is 8.00. The second kappa shape index (κ2) is 8.11. The zero-order valence-electron chi connectivity index (χ0n) is 18.5. The van der Waals surface area contributed by atoms with E-state index in [2.05, 4.69) is 28.9 Å². The fraction of sp³-hybridized carbons (Fsp3) is 0.333. The van der Waals surface area contributed by atoms with E-state index in [1.807, 2.05) is 59.5 Å². The third-order valence-electron chi connectivity index (χ3n) is 7.88. The third-order valence-corrected chi connectivity index (χ3v) is 11.7. The molecule has 5 atom stereocenters. The van der Waals surface area contributed by atoms with Crippen molar-refractivity contribution in [2.75, 3.05) is 5.32 Å². The SMILES string of the molecule is O=C(Cn1c2c(sc1=O)[C@@H](c1cccs1)C1C3CCC(C3)C1S2)Nc1ccc2ccccc2c1. The van der Waals surface area contributed by atoms with Crippen LogP contribution in [0.2, 0.25) is 0 Å². The second-order valence-electron chi connectivity index (χ2n) is 9.72. The van der Waals surface area contributed by atoms with Gasteiger partial charge in [-0.3, -0.25) is 14.2 Å². The molecular weight excluding hydrogens is 481 g/mol. The summed E-state index contributed by atoms with van der Waals surface area (Å²) in [5, 5.41) is 8.99. The predicted octanol–water partition coefficient (Wildman–Crippen LogP) is 6.42. The molecule has 2 bridgehead atoms. The number of thioether (sulfide) groups is 1. The minimum Gasteiger partial charge on any atom is -0.325 e. The highest BCUT2D eigenvalue weighted by Crippen LogP contribution is 2.64. The van der Waals surface area contributed by atoms with Gasteiger partial charge in [-0.05, 0) is 71.4 Å². The highest BCUT2D eigenvalue weighted by Gasteiger charge is 2.55. The van der Waals surface area contributed by atoms with E-state index in [0.717, 1.165) is 33.3 Å². The van der Waals surface area contributed by atoms with Crippen LogP contribution in [0.3, 0.4) is 0 Å². The van der Waals surface area contributed by atoms with Crippen LogP contribution in [-0.4, -0.2) is 15.7 Å². The van der Waals surface area contributed by atoms with Crippen LogP contribution >= 0.6 is 34.4 Å². The molecule has 2 fully saturated rings. The van der Waals surface area contributed by atoms with Crippen molar-refractivity contribution in [2.45, 2.75) is 42.0 Å². The molecule has 4 unspecified atom stereocenters. The lowest BCUT2D eigenvalue weighted by atomic mass is 9.77. The third kappa shape index (κ3) is 3.32. The van der Waals surface area contributed by atoms with Gasteiger partial charge in [-0.25, -0.2) is 0 Å². The van der Waals surface area contributed by atoms with Gasteiger partial charge in [0.2, 0.25) is 5.91 Å². The molecule has 2 saturated carbocycles. The Labute approximate surface area is 210 Å². The van der Waals surface area contributed by atoms with Crippen molar-refractivity contribution in [3.05, 3.63) is 79.4 Å². The molecule has 2 aromatic heterocycles. The molecule has 34 heavy (non-hydrogen) atoms. The number of benzene rings is 2. The number of aromatic nitrogens is 1. The zero-order valence-corrected chi connectivity index (χ0v) is 20.9. The van der Waals surface area contributed by atoms with Gasteiger partial charge in [0.25, 0.3) is 0 Å². The fourth-order valence-electron chi connectivity index (χ4n) is 6.49. The van der Waals surface area contributed by atoms with Crippen molar-refractivity contribution in [3.63, 3.8) is 0 Å². The molecule has 4 aromatic rings. The molecule has 7 heteroatoms. The molecule has 172 valence electrons. The van der Waals surface area contributed by atoms with E-state index >= 15 is 0 Å². The minimum absolute atomic E-state index is 0.0139. The smallest absolute Gasteiger partial charge is 0.308 e. The van der Waals surface area contributed by atoms with Gasteiger partial charge < -0.3 is 5.32 Å². The average Bonchev–Trinajstić information content (AvgIpc) is 3.64. The summed E-state index contributed by atoms with van der Waals surface area (Å²) in [6, 6.07) is 18.4. The van der Waals surface area contributed by atoms with Gasteiger partial charge in [-0.1, -0.05) is 47.7 Å². The van der Waals surface area contributed by atoms with Crippen LogP contribution in [0, 0.1) is 17.8 Å². The van der Waals surface area contributed by atoms with E-state index in [1.165, 1.54) is 40.4 Å².